The normalized spacial score (nSPS) is 23.8. The number of rotatable bonds is 7. The van der Waals surface area contributed by atoms with E-state index in [1.807, 2.05) is 0 Å². The van der Waals surface area contributed by atoms with Gasteiger partial charge in [0.15, 0.2) is 0 Å². The van der Waals surface area contributed by atoms with E-state index in [0.29, 0.717) is 43.5 Å². The first-order chi connectivity index (χ1) is 9.57. The molecule has 6 heteroatoms. The molecule has 0 amide bonds. The highest BCUT2D eigenvalue weighted by atomic mass is 35.5. The minimum atomic E-state index is -0.812. The lowest BCUT2D eigenvalue weighted by Crippen LogP contribution is -2.44. The summed E-state index contributed by atoms with van der Waals surface area (Å²) in [4.78, 5) is 0. The average Bonchev–Trinajstić information content (AvgIpc) is 2.83. The first kappa shape index (κ1) is 15.5. The molecule has 1 fully saturated rings. The third-order valence-electron chi connectivity index (χ3n) is 3.15. The van der Waals surface area contributed by atoms with Crippen molar-refractivity contribution in [3.8, 4) is 5.75 Å². The van der Waals surface area contributed by atoms with Crippen LogP contribution in [0.25, 0.3) is 0 Å². The summed E-state index contributed by atoms with van der Waals surface area (Å²) in [5.41, 5.74) is -0.812. The molecule has 1 saturated heterocycles. The van der Waals surface area contributed by atoms with E-state index < -0.39 is 11.7 Å². The molecule has 1 aliphatic heterocycles. The zero-order valence-electron chi connectivity index (χ0n) is 11.2. The van der Waals surface area contributed by atoms with E-state index >= 15 is 0 Å². The molecule has 0 bridgehead atoms. The van der Waals surface area contributed by atoms with Crippen LogP contribution in [0.15, 0.2) is 24.3 Å². The molecule has 0 aliphatic carbocycles. The Labute approximate surface area is 123 Å². The zero-order chi connectivity index (χ0) is 14.4. The Morgan fingerprint density at radius 2 is 2.35 bits per heavy atom. The van der Waals surface area contributed by atoms with E-state index in [1.165, 1.54) is 0 Å². The Balaban J connectivity index is 1.64. The standard InChI is InChI=1S/C14H20ClNO4/c15-11-2-1-3-13(6-11)20-8-12(17)7-16-9-14(18)4-5-19-10-14/h1-3,6,12,16-18H,4-5,7-10H2. The van der Waals surface area contributed by atoms with Crippen molar-refractivity contribution in [3.63, 3.8) is 0 Å². The number of hydrogen-bond donors (Lipinski definition) is 3. The highest BCUT2D eigenvalue weighted by molar-refractivity contribution is 6.30. The maximum atomic E-state index is 10.0. The van der Waals surface area contributed by atoms with Gasteiger partial charge in [-0.2, -0.15) is 0 Å². The SMILES string of the molecule is OC(CNCC1(O)CCOC1)COc1cccc(Cl)c1. The van der Waals surface area contributed by atoms with Gasteiger partial charge < -0.3 is 25.0 Å². The summed E-state index contributed by atoms with van der Waals surface area (Å²) in [5.74, 6) is 0.624. The van der Waals surface area contributed by atoms with Gasteiger partial charge in [0.05, 0.1) is 6.61 Å². The fraction of sp³-hybridized carbons (Fsp3) is 0.571. The van der Waals surface area contributed by atoms with Gasteiger partial charge >= 0.3 is 0 Å². The first-order valence-electron chi connectivity index (χ1n) is 6.65. The van der Waals surface area contributed by atoms with E-state index in [1.54, 1.807) is 24.3 Å². The second-order valence-electron chi connectivity index (χ2n) is 5.08. The van der Waals surface area contributed by atoms with E-state index in [-0.39, 0.29) is 6.61 Å². The Morgan fingerprint density at radius 1 is 1.50 bits per heavy atom. The lowest BCUT2D eigenvalue weighted by atomic mass is 10.0. The number of aliphatic hydroxyl groups is 2. The van der Waals surface area contributed by atoms with Gasteiger partial charge in [-0.05, 0) is 18.2 Å². The number of aliphatic hydroxyl groups excluding tert-OH is 1. The summed E-state index contributed by atoms with van der Waals surface area (Å²) in [6.45, 7) is 1.85. The van der Waals surface area contributed by atoms with Gasteiger partial charge in [-0.15, -0.1) is 0 Å². The van der Waals surface area contributed by atoms with Gasteiger partial charge in [0.25, 0.3) is 0 Å². The van der Waals surface area contributed by atoms with E-state index in [0.717, 1.165) is 0 Å². The van der Waals surface area contributed by atoms with Crippen molar-refractivity contribution in [1.29, 1.82) is 0 Å². The van der Waals surface area contributed by atoms with E-state index in [2.05, 4.69) is 5.32 Å². The molecule has 1 aromatic carbocycles. The summed E-state index contributed by atoms with van der Waals surface area (Å²) in [6, 6.07) is 7.03. The molecule has 20 heavy (non-hydrogen) atoms. The predicted octanol–water partition coefficient (Wildman–Crippen LogP) is 0.821. The molecular weight excluding hydrogens is 282 g/mol. The van der Waals surface area contributed by atoms with Crippen LogP contribution in [-0.2, 0) is 4.74 Å². The van der Waals surface area contributed by atoms with Crippen LogP contribution in [0.3, 0.4) is 0 Å². The van der Waals surface area contributed by atoms with Crippen molar-refractivity contribution >= 4 is 11.6 Å². The van der Waals surface area contributed by atoms with Crippen molar-refractivity contribution in [3.05, 3.63) is 29.3 Å². The average molecular weight is 302 g/mol. The second kappa shape index (κ2) is 7.24. The van der Waals surface area contributed by atoms with Gasteiger partial charge in [0.1, 0.15) is 24.1 Å². The lowest BCUT2D eigenvalue weighted by molar-refractivity contribution is 0.0226. The molecule has 2 rings (SSSR count). The molecule has 0 radical (unpaired) electrons. The Kier molecular flexibility index (Phi) is 5.63. The van der Waals surface area contributed by atoms with Gasteiger partial charge in [-0.3, -0.25) is 0 Å². The Hall–Kier alpha value is -0.850. The molecule has 2 atom stereocenters. The summed E-state index contributed by atoms with van der Waals surface area (Å²) < 4.78 is 10.6. The number of ether oxygens (including phenoxy) is 2. The van der Waals surface area contributed by atoms with E-state index in [4.69, 9.17) is 21.1 Å². The minimum Gasteiger partial charge on any atom is -0.491 e. The van der Waals surface area contributed by atoms with Crippen LogP contribution in [0.1, 0.15) is 6.42 Å². The fourth-order valence-electron chi connectivity index (χ4n) is 2.02. The van der Waals surface area contributed by atoms with Crippen molar-refractivity contribution in [2.24, 2.45) is 0 Å². The van der Waals surface area contributed by atoms with Crippen LogP contribution < -0.4 is 10.1 Å². The maximum Gasteiger partial charge on any atom is 0.120 e. The molecular formula is C14H20ClNO4. The maximum absolute atomic E-state index is 10.0. The van der Waals surface area contributed by atoms with Gasteiger partial charge in [0.2, 0.25) is 0 Å². The fourth-order valence-corrected chi connectivity index (χ4v) is 2.20. The van der Waals surface area contributed by atoms with Crippen LogP contribution in [0.4, 0.5) is 0 Å². The monoisotopic (exact) mass is 301 g/mol. The van der Waals surface area contributed by atoms with Crippen LogP contribution in [0.2, 0.25) is 5.02 Å². The minimum absolute atomic E-state index is 0.169. The number of hydrogen-bond acceptors (Lipinski definition) is 5. The van der Waals surface area contributed by atoms with Crippen molar-refractivity contribution in [1.82, 2.24) is 5.32 Å². The highest BCUT2D eigenvalue weighted by Crippen LogP contribution is 2.18. The molecule has 3 N–H and O–H groups in total. The summed E-state index contributed by atoms with van der Waals surface area (Å²) in [5, 5.41) is 23.5. The molecule has 0 saturated carbocycles. The molecule has 112 valence electrons. The lowest BCUT2D eigenvalue weighted by Gasteiger charge is -2.22. The number of nitrogens with one attached hydrogen (secondary N) is 1. The highest BCUT2D eigenvalue weighted by Gasteiger charge is 2.31. The largest absolute Gasteiger partial charge is 0.491 e. The molecule has 0 aromatic heterocycles. The van der Waals surface area contributed by atoms with Gasteiger partial charge in [-0.1, -0.05) is 17.7 Å². The number of halogens is 1. The van der Waals surface area contributed by atoms with Crippen LogP contribution in [0.5, 0.6) is 5.75 Å². The summed E-state index contributed by atoms with van der Waals surface area (Å²) >= 11 is 5.84. The Bertz CT molecular complexity index is 423. The summed E-state index contributed by atoms with van der Waals surface area (Å²) in [6.07, 6.45) is -0.0327. The Morgan fingerprint density at radius 3 is 3.05 bits per heavy atom. The van der Waals surface area contributed by atoms with Gasteiger partial charge in [0, 0.05) is 31.1 Å². The molecule has 1 aliphatic rings. The molecule has 0 spiro atoms. The molecule has 5 nitrogen and oxygen atoms in total. The topological polar surface area (TPSA) is 71.0 Å². The van der Waals surface area contributed by atoms with Crippen LogP contribution >= 0.6 is 11.6 Å². The second-order valence-corrected chi connectivity index (χ2v) is 5.52. The zero-order valence-corrected chi connectivity index (χ0v) is 12.0. The first-order valence-corrected chi connectivity index (χ1v) is 7.02. The van der Waals surface area contributed by atoms with Crippen molar-refractivity contribution < 1.29 is 19.7 Å². The van der Waals surface area contributed by atoms with E-state index in [9.17, 15) is 10.2 Å². The van der Waals surface area contributed by atoms with Crippen molar-refractivity contribution in [2.45, 2.75) is 18.1 Å². The molecule has 2 unspecified atom stereocenters. The number of benzene rings is 1. The predicted molar refractivity (Wildman–Crippen MR) is 76.2 cm³/mol. The smallest absolute Gasteiger partial charge is 0.120 e. The third-order valence-corrected chi connectivity index (χ3v) is 3.39. The molecule has 1 aromatic rings. The molecule has 1 heterocycles. The van der Waals surface area contributed by atoms with Crippen LogP contribution in [-0.4, -0.2) is 54.8 Å². The summed E-state index contributed by atoms with van der Waals surface area (Å²) in [7, 11) is 0. The third kappa shape index (κ3) is 4.92. The van der Waals surface area contributed by atoms with Gasteiger partial charge in [-0.25, -0.2) is 0 Å². The van der Waals surface area contributed by atoms with Crippen LogP contribution in [0, 0.1) is 0 Å². The van der Waals surface area contributed by atoms with Crippen molar-refractivity contribution in [2.75, 3.05) is 32.9 Å². The quantitative estimate of drug-likeness (QED) is 0.695.